The van der Waals surface area contributed by atoms with Gasteiger partial charge >= 0.3 is 49.6 Å². The Labute approximate surface area is 758 Å². The predicted octanol–water partition coefficient (Wildman–Crippen LogP) is 25.9. The fourth-order valence-electron chi connectivity index (χ4n) is 13.7. The summed E-state index contributed by atoms with van der Waals surface area (Å²) in [6.45, 7) is 34.7. The van der Waals surface area contributed by atoms with Crippen LogP contribution in [0.3, 0.4) is 0 Å². The van der Waals surface area contributed by atoms with E-state index in [0.29, 0.717) is 120 Å². The van der Waals surface area contributed by atoms with E-state index in [-0.39, 0.29) is 5.75 Å². The summed E-state index contributed by atoms with van der Waals surface area (Å²) >= 11 is 0. The zero-order valence-electron chi connectivity index (χ0n) is 76.6. The van der Waals surface area contributed by atoms with Crippen molar-refractivity contribution in [3.8, 4) is 5.75 Å². The third-order valence-electron chi connectivity index (χ3n) is 20.8. The van der Waals surface area contributed by atoms with Crippen molar-refractivity contribution in [2.75, 3.05) is 138 Å². The molecule has 4 saturated heterocycles. The topological polar surface area (TPSA) is 53.2 Å². The molecule has 9 aromatic carbocycles. The number of aryl methyl sites for hydroxylation is 9. The van der Waals surface area contributed by atoms with Crippen LogP contribution in [-0.4, -0.2) is 169 Å². The number of halogens is 24. The molecule has 4 fully saturated rings. The molecule has 13 rings (SSSR count). The molecule has 9 aromatic rings. The molecule has 0 amide bonds. The molecule has 4 aliphatic heterocycles. The fourth-order valence-corrected chi connectivity index (χ4v) is 13.7. The van der Waals surface area contributed by atoms with Crippen molar-refractivity contribution in [1.82, 2.24) is 34.7 Å². The van der Waals surface area contributed by atoms with Crippen LogP contribution in [-0.2, 0) is 74.1 Å². The van der Waals surface area contributed by atoms with Crippen LogP contribution in [0.15, 0.2) is 188 Å². The van der Waals surface area contributed by atoms with E-state index < -0.39 is 88.5 Å². The van der Waals surface area contributed by atoms with Gasteiger partial charge in [-0.25, -0.2) is 0 Å². The van der Waals surface area contributed by atoms with Gasteiger partial charge in [-0.05, 0) is 194 Å². The van der Waals surface area contributed by atoms with Crippen molar-refractivity contribution >= 4 is 5.69 Å². The van der Waals surface area contributed by atoms with Gasteiger partial charge in [0.1, 0.15) is 5.75 Å². The normalized spacial score (nSPS) is 15.3. The molecule has 1 N–H and O–H groups in total. The van der Waals surface area contributed by atoms with Crippen LogP contribution in [0.1, 0.15) is 137 Å². The van der Waals surface area contributed by atoms with Crippen LogP contribution in [0.4, 0.5) is 111 Å². The largest absolute Gasteiger partial charge is 0.573 e. The molecule has 0 aromatic heterocycles. The molecule has 0 atom stereocenters. The highest BCUT2D eigenvalue weighted by atomic mass is 19.4. The maximum absolute atomic E-state index is 13.0. The highest BCUT2D eigenvalue weighted by Crippen LogP contribution is 2.39. The number of rotatable bonds is 11. The standard InChI is InChI=1S/2C14H19F3N2.C13H17F3N2.C13H16F3NO.C10H12F3N.C10H14.C8H7F3O.2C8H7F3/c1-11-7-12(9-13(8-11)14(15,16)17)10-19-5-3-18(2)4-6-19;1-11-3-4-12(13(9-11)14(15,16)17)10-19-7-5-18(2)6-8-19;1-10-2-3-11(12(8-10)13(14,15)16)9-18-6-4-17-5-7-18;1-10-2-3-11(12(8-10)13(14,15)16)9-17-4-6-18-7-5-17;1-7-4-8(10(11,12)13)6-9(5-7)14(2)3;1-8(2)10-6-4-5-9(3)7-10;1-6-3-2-4-7(5-6)12-8(9,10)11;2*1-6-3-2-4-7(5-6)8(9,10)11/h7-9H,3-6,10H2,1-2H3;3-4,9H,5-8,10H2,1-2H3;2-3,8,17H,4-7,9H2,1H3;2-3,8H,4-7,9H2,1H3;4-6H,1-3H3;4-8H,1-3H3;2-5H,1H3;2*2-5H,1H3. The molecule has 0 spiro atoms. The lowest BCUT2D eigenvalue weighted by atomic mass is 10.0. The monoisotopic (exact) mass is 1890 g/mol. The average Bonchev–Trinajstić information content (AvgIpc) is 0.818. The fraction of sp³-hybridized carbons (Fsp3) is 0.449. The molecule has 10 nitrogen and oxygen atoms in total. The van der Waals surface area contributed by atoms with Crippen molar-refractivity contribution in [3.05, 3.63) is 305 Å². The highest BCUT2D eigenvalue weighted by Gasteiger charge is 2.39. The molecule has 0 aliphatic carbocycles. The lowest BCUT2D eigenvalue weighted by Gasteiger charge is -2.32. The van der Waals surface area contributed by atoms with E-state index in [4.69, 9.17) is 4.74 Å². The van der Waals surface area contributed by atoms with Crippen molar-refractivity contribution in [1.29, 1.82) is 0 Å². The summed E-state index contributed by atoms with van der Waals surface area (Å²) in [4.78, 5) is 14.4. The van der Waals surface area contributed by atoms with Crippen LogP contribution in [0.2, 0.25) is 0 Å². The second-order valence-electron chi connectivity index (χ2n) is 33.4. The van der Waals surface area contributed by atoms with E-state index in [1.54, 1.807) is 135 Å². The second-order valence-corrected chi connectivity index (χ2v) is 33.4. The molecular weight excluding hydrogens is 1780 g/mol. The molecule has 132 heavy (non-hydrogen) atoms. The zero-order chi connectivity index (χ0) is 99.1. The van der Waals surface area contributed by atoms with Gasteiger partial charge in [-0.2, -0.15) is 92.2 Å². The number of anilines is 1. The van der Waals surface area contributed by atoms with Crippen LogP contribution >= 0.6 is 0 Å². The number of morpholine rings is 1. The van der Waals surface area contributed by atoms with Gasteiger partial charge in [-0.1, -0.05) is 168 Å². The Kier molecular flexibility index (Phi) is 44.0. The van der Waals surface area contributed by atoms with Gasteiger partial charge in [0.05, 0.1) is 52.2 Å². The summed E-state index contributed by atoms with van der Waals surface area (Å²) in [7, 11) is 7.53. The summed E-state index contributed by atoms with van der Waals surface area (Å²) in [5.41, 5.74) is 6.55. The van der Waals surface area contributed by atoms with E-state index in [1.807, 2.05) is 18.0 Å². The van der Waals surface area contributed by atoms with E-state index in [2.05, 4.69) is 86.6 Å². The molecule has 0 bridgehead atoms. The Hall–Kier alpha value is -9.42. The Morgan fingerprint density at radius 1 is 0.318 bits per heavy atom. The van der Waals surface area contributed by atoms with Crippen molar-refractivity contribution in [3.63, 3.8) is 0 Å². The Balaban J connectivity index is 0.000000265. The van der Waals surface area contributed by atoms with Gasteiger partial charge in [-0.3, -0.25) is 19.6 Å². The predicted molar refractivity (Wildman–Crippen MR) is 471 cm³/mol. The zero-order valence-corrected chi connectivity index (χ0v) is 76.6. The van der Waals surface area contributed by atoms with Gasteiger partial charge in [-0.15, -0.1) is 13.2 Å². The third-order valence-corrected chi connectivity index (χ3v) is 20.8. The molecule has 34 heteroatoms. The van der Waals surface area contributed by atoms with Crippen molar-refractivity contribution in [2.45, 2.75) is 158 Å². The first-order valence-electron chi connectivity index (χ1n) is 42.4. The highest BCUT2D eigenvalue weighted by molar-refractivity contribution is 5.51. The number of likely N-dealkylation sites (N-methyl/N-ethyl adjacent to an activating group) is 2. The first-order chi connectivity index (χ1) is 61.1. The molecular formula is C98H118F24N8O2. The van der Waals surface area contributed by atoms with Gasteiger partial charge < -0.3 is 29.5 Å². The Bertz CT molecular complexity index is 4800. The summed E-state index contributed by atoms with van der Waals surface area (Å²) in [6, 6.07) is 46.9. The van der Waals surface area contributed by atoms with Crippen LogP contribution < -0.4 is 15.0 Å². The quantitative estimate of drug-likeness (QED) is 0.127. The number of hydrogen-bond donors (Lipinski definition) is 1. The molecule has 0 unspecified atom stereocenters. The first kappa shape index (κ1) is 113. The molecule has 0 saturated carbocycles. The maximum Gasteiger partial charge on any atom is 0.573 e. The van der Waals surface area contributed by atoms with Crippen molar-refractivity contribution < 1.29 is 115 Å². The Morgan fingerprint density at radius 2 is 0.644 bits per heavy atom. The van der Waals surface area contributed by atoms with Gasteiger partial charge in [0.25, 0.3) is 0 Å². The minimum absolute atomic E-state index is 0.178. The van der Waals surface area contributed by atoms with Crippen LogP contribution in [0.25, 0.3) is 0 Å². The van der Waals surface area contributed by atoms with Crippen LogP contribution in [0, 0.1) is 62.3 Å². The third kappa shape index (κ3) is 42.9. The maximum atomic E-state index is 13.0. The second kappa shape index (κ2) is 51.3. The van der Waals surface area contributed by atoms with Gasteiger partial charge in [0, 0.05) is 138 Å². The van der Waals surface area contributed by atoms with Gasteiger partial charge in [0.2, 0.25) is 0 Å². The minimum atomic E-state index is -4.60. The number of piperazine rings is 3. The van der Waals surface area contributed by atoms with E-state index in [0.717, 1.165) is 126 Å². The average molecular weight is 1900 g/mol. The van der Waals surface area contributed by atoms with E-state index in [9.17, 15) is 105 Å². The lowest BCUT2D eigenvalue weighted by molar-refractivity contribution is -0.274. The number of hydrogen-bond acceptors (Lipinski definition) is 10. The number of nitrogens with zero attached hydrogens (tertiary/aromatic N) is 7. The number of benzene rings is 9. The van der Waals surface area contributed by atoms with Crippen LogP contribution in [0.5, 0.6) is 5.75 Å². The summed E-state index contributed by atoms with van der Waals surface area (Å²) in [6.07, 6.45) is -34.4. The molecule has 730 valence electrons. The Morgan fingerprint density at radius 3 is 0.977 bits per heavy atom. The summed E-state index contributed by atoms with van der Waals surface area (Å²) in [5, 5.41) is 3.19. The molecule has 4 heterocycles. The van der Waals surface area contributed by atoms with E-state index >= 15 is 0 Å². The SMILES string of the molecule is Cc1cc(CN2CCN(C)CC2)cc(C(F)(F)F)c1.Cc1cc(N(C)C)cc(C(F)(F)F)c1.Cc1ccc(CN2CCN(C)CC2)c(C(F)(F)F)c1.Cc1ccc(CN2CCNCC2)c(C(F)(F)F)c1.Cc1ccc(CN2CCOCC2)c(C(F)(F)F)c1.Cc1cccc(C(C)C)c1.Cc1cccc(C(F)(F)F)c1.Cc1cccc(C(F)(F)F)c1.Cc1cccc(OC(F)(F)F)c1. The number of nitrogens with one attached hydrogen (secondary N) is 1. The summed E-state index contributed by atoms with van der Waals surface area (Å²) < 4.78 is 308. The minimum Gasteiger partial charge on any atom is -0.406 e. The van der Waals surface area contributed by atoms with Gasteiger partial charge in [0.15, 0.2) is 0 Å². The lowest BCUT2D eigenvalue weighted by Crippen LogP contribution is -2.44. The number of ether oxygens (including phenoxy) is 2. The first-order valence-corrected chi connectivity index (χ1v) is 42.4. The van der Waals surface area contributed by atoms with E-state index in [1.165, 1.54) is 71.8 Å². The number of alkyl halides is 24. The smallest absolute Gasteiger partial charge is 0.406 e. The summed E-state index contributed by atoms with van der Waals surface area (Å²) in [5.74, 6) is 0.474. The van der Waals surface area contributed by atoms with Crippen molar-refractivity contribution in [2.24, 2.45) is 0 Å². The molecule has 0 radical (unpaired) electrons. The molecule has 4 aliphatic rings.